The van der Waals surface area contributed by atoms with Gasteiger partial charge in [0.25, 0.3) is 0 Å². The summed E-state index contributed by atoms with van der Waals surface area (Å²) < 4.78 is 5.41. The smallest absolute Gasteiger partial charge is 0.239 e. The second kappa shape index (κ2) is 7.45. The monoisotopic (exact) mass is 271 g/mol. The molecule has 1 fully saturated rings. The normalized spacial score (nSPS) is 24.9. The summed E-state index contributed by atoms with van der Waals surface area (Å²) in [7, 11) is 0. The van der Waals surface area contributed by atoms with E-state index in [9.17, 15) is 9.59 Å². The van der Waals surface area contributed by atoms with Crippen molar-refractivity contribution in [3.8, 4) is 0 Å². The van der Waals surface area contributed by atoms with Crippen LogP contribution in [0, 0.1) is 5.92 Å². The molecule has 19 heavy (non-hydrogen) atoms. The summed E-state index contributed by atoms with van der Waals surface area (Å²) in [4.78, 5) is 23.3. The fraction of sp³-hybridized carbons (Fsp3) is 0.846. The van der Waals surface area contributed by atoms with E-state index >= 15 is 0 Å². The van der Waals surface area contributed by atoms with Crippen molar-refractivity contribution in [3.05, 3.63) is 0 Å². The second-order valence-corrected chi connectivity index (χ2v) is 5.46. The van der Waals surface area contributed by atoms with Gasteiger partial charge in [0.1, 0.15) is 0 Å². The van der Waals surface area contributed by atoms with Crippen LogP contribution < -0.4 is 16.4 Å². The fourth-order valence-electron chi connectivity index (χ4n) is 2.00. The topological polar surface area (TPSA) is 93.5 Å². The lowest BCUT2D eigenvalue weighted by atomic mass is 10.0. The first-order chi connectivity index (χ1) is 8.90. The van der Waals surface area contributed by atoms with Crippen LogP contribution in [-0.4, -0.2) is 43.2 Å². The first-order valence-corrected chi connectivity index (χ1v) is 6.84. The van der Waals surface area contributed by atoms with Gasteiger partial charge in [-0.1, -0.05) is 13.8 Å². The zero-order chi connectivity index (χ0) is 14.4. The Kier molecular flexibility index (Phi) is 6.24. The van der Waals surface area contributed by atoms with Gasteiger partial charge in [0, 0.05) is 12.6 Å². The van der Waals surface area contributed by atoms with Crippen molar-refractivity contribution in [1.29, 1.82) is 0 Å². The Hall–Kier alpha value is -1.14. The third-order valence-corrected chi connectivity index (χ3v) is 3.29. The molecule has 6 nitrogen and oxygen atoms in total. The molecule has 2 amide bonds. The van der Waals surface area contributed by atoms with E-state index in [0.717, 1.165) is 12.8 Å². The summed E-state index contributed by atoms with van der Waals surface area (Å²) in [5, 5.41) is 5.46. The molecule has 1 rings (SSSR count). The van der Waals surface area contributed by atoms with E-state index in [1.165, 1.54) is 0 Å². The van der Waals surface area contributed by atoms with Gasteiger partial charge in [0.05, 0.1) is 18.7 Å². The minimum atomic E-state index is -0.573. The molecule has 4 N–H and O–H groups in total. The highest BCUT2D eigenvalue weighted by Crippen LogP contribution is 2.12. The molecule has 1 aliphatic heterocycles. The molecule has 0 aromatic rings. The third kappa shape index (κ3) is 5.57. The average Bonchev–Trinajstić information content (AvgIpc) is 2.34. The first kappa shape index (κ1) is 15.9. The summed E-state index contributed by atoms with van der Waals surface area (Å²) in [6.45, 7) is 6.37. The molecule has 2 unspecified atom stereocenters. The molecule has 0 bridgehead atoms. The van der Waals surface area contributed by atoms with Crippen LogP contribution in [0.15, 0.2) is 0 Å². The average molecular weight is 271 g/mol. The van der Waals surface area contributed by atoms with Crippen molar-refractivity contribution < 1.29 is 14.3 Å². The van der Waals surface area contributed by atoms with Gasteiger partial charge in [-0.3, -0.25) is 9.59 Å². The Morgan fingerprint density at radius 3 is 2.68 bits per heavy atom. The molecule has 0 aliphatic carbocycles. The van der Waals surface area contributed by atoms with Gasteiger partial charge in [-0.25, -0.2) is 0 Å². The number of rotatable bonds is 5. The van der Waals surface area contributed by atoms with Crippen molar-refractivity contribution in [2.75, 3.05) is 13.2 Å². The van der Waals surface area contributed by atoms with E-state index in [-0.39, 0.29) is 36.4 Å². The number of nitrogens with one attached hydrogen (secondary N) is 2. The minimum Gasteiger partial charge on any atom is -0.378 e. The molecular formula is C13H25N3O3. The quantitative estimate of drug-likeness (QED) is 0.644. The van der Waals surface area contributed by atoms with E-state index < -0.39 is 6.04 Å². The lowest BCUT2D eigenvalue weighted by molar-refractivity contribution is -0.128. The highest BCUT2D eigenvalue weighted by Gasteiger charge is 2.22. The lowest BCUT2D eigenvalue weighted by Crippen LogP contribution is -2.49. The molecule has 110 valence electrons. The zero-order valence-electron chi connectivity index (χ0n) is 11.9. The number of carbonyl (C=O) groups is 2. The summed E-state index contributed by atoms with van der Waals surface area (Å²) in [6, 6.07) is -0.442. The van der Waals surface area contributed by atoms with Crippen molar-refractivity contribution in [2.24, 2.45) is 11.7 Å². The maximum atomic E-state index is 11.7. The van der Waals surface area contributed by atoms with Crippen LogP contribution in [-0.2, 0) is 14.3 Å². The maximum Gasteiger partial charge on any atom is 0.239 e. The van der Waals surface area contributed by atoms with Crippen molar-refractivity contribution in [2.45, 2.75) is 51.8 Å². The number of nitrogens with two attached hydrogens (primary N) is 1. The lowest BCUT2D eigenvalue weighted by Gasteiger charge is -2.28. The third-order valence-electron chi connectivity index (χ3n) is 3.29. The summed E-state index contributed by atoms with van der Waals surface area (Å²) in [5.74, 6) is -0.409. The molecule has 1 saturated heterocycles. The Morgan fingerprint density at radius 1 is 1.42 bits per heavy atom. The number of hydrogen-bond acceptors (Lipinski definition) is 4. The van der Waals surface area contributed by atoms with E-state index in [1.54, 1.807) is 0 Å². The summed E-state index contributed by atoms with van der Waals surface area (Å²) >= 11 is 0. The Morgan fingerprint density at radius 2 is 2.11 bits per heavy atom. The highest BCUT2D eigenvalue weighted by atomic mass is 16.5. The van der Waals surface area contributed by atoms with Gasteiger partial charge < -0.3 is 21.1 Å². The van der Waals surface area contributed by atoms with E-state index in [0.29, 0.717) is 6.61 Å². The standard InChI is InChI=1S/C13H25N3O3/c1-8(2)12(14)13(18)15-7-11(17)16-10-4-5-19-9(3)6-10/h8-10,12H,4-7,14H2,1-3H3,(H,15,18)(H,16,17)/t9?,10?,12-/m0/s1. The SMILES string of the molecule is CC1CC(NC(=O)CNC(=O)[C@@H](N)C(C)C)CCO1. The van der Waals surface area contributed by atoms with Crippen LogP contribution in [0.25, 0.3) is 0 Å². The summed E-state index contributed by atoms with van der Waals surface area (Å²) in [5.41, 5.74) is 5.69. The molecule has 0 spiro atoms. The van der Waals surface area contributed by atoms with Gasteiger partial charge in [-0.2, -0.15) is 0 Å². The largest absolute Gasteiger partial charge is 0.378 e. The molecule has 0 aromatic heterocycles. The zero-order valence-corrected chi connectivity index (χ0v) is 11.9. The first-order valence-electron chi connectivity index (χ1n) is 6.84. The highest BCUT2D eigenvalue weighted by molar-refractivity contribution is 5.87. The molecule has 6 heteroatoms. The van der Waals surface area contributed by atoms with Crippen molar-refractivity contribution >= 4 is 11.8 Å². The number of ether oxygens (including phenoxy) is 1. The van der Waals surface area contributed by atoms with E-state index in [1.807, 2.05) is 20.8 Å². The van der Waals surface area contributed by atoms with Gasteiger partial charge >= 0.3 is 0 Å². The van der Waals surface area contributed by atoms with Crippen LogP contribution in [0.5, 0.6) is 0 Å². The molecule has 1 aliphatic rings. The van der Waals surface area contributed by atoms with Crippen LogP contribution in [0.3, 0.4) is 0 Å². The van der Waals surface area contributed by atoms with Gasteiger partial charge in [0.15, 0.2) is 0 Å². The fourth-order valence-corrected chi connectivity index (χ4v) is 2.00. The van der Waals surface area contributed by atoms with Crippen LogP contribution >= 0.6 is 0 Å². The summed E-state index contributed by atoms with van der Waals surface area (Å²) in [6.07, 6.45) is 1.80. The van der Waals surface area contributed by atoms with Crippen molar-refractivity contribution in [3.63, 3.8) is 0 Å². The van der Waals surface area contributed by atoms with Gasteiger partial charge in [-0.15, -0.1) is 0 Å². The number of hydrogen-bond donors (Lipinski definition) is 3. The van der Waals surface area contributed by atoms with Crippen LogP contribution in [0.4, 0.5) is 0 Å². The Labute approximate surface area is 114 Å². The second-order valence-electron chi connectivity index (χ2n) is 5.46. The predicted molar refractivity (Wildman–Crippen MR) is 72.4 cm³/mol. The van der Waals surface area contributed by atoms with Gasteiger partial charge in [-0.05, 0) is 25.7 Å². The van der Waals surface area contributed by atoms with Gasteiger partial charge in [0.2, 0.25) is 11.8 Å². The van der Waals surface area contributed by atoms with E-state index in [4.69, 9.17) is 10.5 Å². The maximum absolute atomic E-state index is 11.7. The van der Waals surface area contributed by atoms with Crippen LogP contribution in [0.1, 0.15) is 33.6 Å². The van der Waals surface area contributed by atoms with Crippen molar-refractivity contribution in [1.82, 2.24) is 10.6 Å². The molecule has 1 heterocycles. The Bertz CT molecular complexity index is 320. The molecule has 3 atom stereocenters. The molecule has 0 aromatic carbocycles. The van der Waals surface area contributed by atoms with Crippen LogP contribution in [0.2, 0.25) is 0 Å². The minimum absolute atomic E-state index is 0.0228. The molecular weight excluding hydrogens is 246 g/mol. The van der Waals surface area contributed by atoms with E-state index in [2.05, 4.69) is 10.6 Å². The predicted octanol–water partition coefficient (Wildman–Crippen LogP) is -0.230. The molecule has 0 saturated carbocycles. The number of amides is 2. The molecule has 0 radical (unpaired) electrons. The number of carbonyl (C=O) groups excluding carboxylic acids is 2. The Balaban J connectivity index is 2.26.